The number of nitrogens with one attached hydrogen (secondary N) is 1. The van der Waals surface area contributed by atoms with Gasteiger partial charge in [-0.3, -0.25) is 0 Å². The molecule has 0 radical (unpaired) electrons. The Morgan fingerprint density at radius 1 is 1.53 bits per heavy atom. The predicted molar refractivity (Wildman–Crippen MR) is 69.2 cm³/mol. The third-order valence-corrected chi connectivity index (χ3v) is 4.96. The zero-order valence-electron chi connectivity index (χ0n) is 9.98. The van der Waals surface area contributed by atoms with Gasteiger partial charge in [0.15, 0.2) is 0 Å². The molecule has 94 valence electrons. The summed E-state index contributed by atoms with van der Waals surface area (Å²) in [6, 6.07) is 2.62. The standard InChI is InChI=1S/C13H19NO2S/c1-4-15-9-11(1)8-14-12-2-5-16-13(7-12)3-6-17-10-13/h1,4,9,12,14H,2-3,5-8,10H2. The quantitative estimate of drug-likeness (QED) is 0.897. The van der Waals surface area contributed by atoms with Crippen LogP contribution in [-0.2, 0) is 11.3 Å². The Kier molecular flexibility index (Phi) is 3.45. The van der Waals surface area contributed by atoms with Gasteiger partial charge in [-0.2, -0.15) is 11.8 Å². The van der Waals surface area contributed by atoms with E-state index < -0.39 is 0 Å². The lowest BCUT2D eigenvalue weighted by atomic mass is 9.90. The van der Waals surface area contributed by atoms with Crippen molar-refractivity contribution in [3.63, 3.8) is 0 Å². The average molecular weight is 253 g/mol. The van der Waals surface area contributed by atoms with Gasteiger partial charge in [-0.15, -0.1) is 0 Å². The molecule has 4 heteroatoms. The average Bonchev–Trinajstić information content (AvgIpc) is 2.99. The molecule has 2 unspecified atom stereocenters. The second kappa shape index (κ2) is 5.04. The minimum atomic E-state index is 0.178. The Morgan fingerprint density at radius 3 is 3.29 bits per heavy atom. The van der Waals surface area contributed by atoms with Crippen molar-refractivity contribution in [2.24, 2.45) is 0 Å². The van der Waals surface area contributed by atoms with E-state index in [9.17, 15) is 0 Å². The number of hydrogen-bond acceptors (Lipinski definition) is 4. The van der Waals surface area contributed by atoms with Crippen molar-refractivity contribution in [2.75, 3.05) is 18.1 Å². The van der Waals surface area contributed by atoms with Gasteiger partial charge in [0.25, 0.3) is 0 Å². The van der Waals surface area contributed by atoms with Crippen molar-refractivity contribution in [3.05, 3.63) is 24.2 Å². The minimum absolute atomic E-state index is 0.178. The lowest BCUT2D eigenvalue weighted by Gasteiger charge is -2.38. The van der Waals surface area contributed by atoms with Crippen LogP contribution < -0.4 is 5.32 Å². The molecule has 2 fully saturated rings. The zero-order valence-corrected chi connectivity index (χ0v) is 10.8. The lowest BCUT2D eigenvalue weighted by Crippen LogP contribution is -2.46. The molecule has 3 rings (SSSR count). The molecule has 0 saturated carbocycles. The zero-order chi connectivity index (χ0) is 11.6. The topological polar surface area (TPSA) is 34.4 Å². The van der Waals surface area contributed by atoms with Crippen LogP contribution in [-0.4, -0.2) is 29.8 Å². The Bertz CT molecular complexity index is 346. The summed E-state index contributed by atoms with van der Waals surface area (Å²) in [5, 5.41) is 3.63. The normalized spacial score (nSPS) is 33.3. The van der Waals surface area contributed by atoms with E-state index in [0.29, 0.717) is 6.04 Å². The van der Waals surface area contributed by atoms with E-state index in [-0.39, 0.29) is 5.60 Å². The van der Waals surface area contributed by atoms with Gasteiger partial charge in [-0.25, -0.2) is 0 Å². The van der Waals surface area contributed by atoms with Gasteiger partial charge in [0.2, 0.25) is 0 Å². The maximum absolute atomic E-state index is 6.01. The molecule has 17 heavy (non-hydrogen) atoms. The maximum Gasteiger partial charge on any atom is 0.0947 e. The molecule has 0 aromatic carbocycles. The summed E-state index contributed by atoms with van der Waals surface area (Å²) in [5.41, 5.74) is 1.41. The van der Waals surface area contributed by atoms with Crippen LogP contribution in [0.15, 0.2) is 23.0 Å². The molecule has 1 aromatic rings. The van der Waals surface area contributed by atoms with Crippen molar-refractivity contribution in [3.8, 4) is 0 Å². The Hall–Kier alpha value is -0.450. The first-order valence-electron chi connectivity index (χ1n) is 6.33. The smallest absolute Gasteiger partial charge is 0.0947 e. The molecular formula is C13H19NO2S. The van der Waals surface area contributed by atoms with Crippen LogP contribution in [0, 0.1) is 0 Å². The van der Waals surface area contributed by atoms with Gasteiger partial charge in [0.05, 0.1) is 18.1 Å². The van der Waals surface area contributed by atoms with Crippen LogP contribution in [0.4, 0.5) is 0 Å². The van der Waals surface area contributed by atoms with E-state index >= 15 is 0 Å². The Morgan fingerprint density at radius 2 is 2.53 bits per heavy atom. The predicted octanol–water partition coefficient (Wildman–Crippen LogP) is 2.42. The maximum atomic E-state index is 6.01. The molecular weight excluding hydrogens is 234 g/mol. The summed E-state index contributed by atoms with van der Waals surface area (Å²) in [4.78, 5) is 0. The minimum Gasteiger partial charge on any atom is -0.472 e. The fourth-order valence-electron chi connectivity index (χ4n) is 2.72. The van der Waals surface area contributed by atoms with E-state index in [4.69, 9.17) is 9.15 Å². The highest BCUT2D eigenvalue weighted by molar-refractivity contribution is 7.99. The van der Waals surface area contributed by atoms with Crippen LogP contribution in [0.1, 0.15) is 24.8 Å². The van der Waals surface area contributed by atoms with E-state index in [1.165, 1.54) is 23.5 Å². The molecule has 3 heterocycles. The van der Waals surface area contributed by atoms with Crippen molar-refractivity contribution in [1.29, 1.82) is 0 Å². The number of hydrogen-bond donors (Lipinski definition) is 1. The first-order chi connectivity index (χ1) is 8.36. The Labute approximate surface area is 106 Å². The van der Waals surface area contributed by atoms with Gasteiger partial charge in [-0.05, 0) is 31.1 Å². The third-order valence-electron chi connectivity index (χ3n) is 3.74. The monoisotopic (exact) mass is 253 g/mol. The molecule has 1 aromatic heterocycles. The highest BCUT2D eigenvalue weighted by Gasteiger charge is 2.40. The van der Waals surface area contributed by atoms with Crippen LogP contribution in [0.2, 0.25) is 0 Å². The second-order valence-corrected chi connectivity index (χ2v) is 6.14. The number of ether oxygens (including phenoxy) is 1. The highest BCUT2D eigenvalue weighted by atomic mass is 32.2. The molecule has 2 aliphatic rings. The molecule has 3 nitrogen and oxygen atoms in total. The van der Waals surface area contributed by atoms with Gasteiger partial charge < -0.3 is 14.5 Å². The first kappa shape index (κ1) is 11.6. The Balaban J connectivity index is 1.53. The number of furan rings is 1. The molecule has 2 aliphatic heterocycles. The molecule has 2 atom stereocenters. The van der Waals surface area contributed by atoms with Crippen LogP contribution in [0.3, 0.4) is 0 Å². The van der Waals surface area contributed by atoms with Gasteiger partial charge in [0.1, 0.15) is 0 Å². The molecule has 0 bridgehead atoms. The van der Waals surface area contributed by atoms with Crippen molar-refractivity contribution >= 4 is 11.8 Å². The highest BCUT2D eigenvalue weighted by Crippen LogP contribution is 2.38. The number of rotatable bonds is 3. The van der Waals surface area contributed by atoms with Crippen molar-refractivity contribution in [2.45, 2.75) is 37.5 Å². The van der Waals surface area contributed by atoms with E-state index in [1.807, 2.05) is 24.1 Å². The van der Waals surface area contributed by atoms with Crippen LogP contribution in [0.5, 0.6) is 0 Å². The number of thioether (sulfide) groups is 1. The molecule has 2 saturated heterocycles. The SMILES string of the molecule is c1cc(CNC2CCOC3(CCSC3)C2)co1. The van der Waals surface area contributed by atoms with Crippen LogP contribution >= 0.6 is 11.8 Å². The van der Waals surface area contributed by atoms with Crippen LogP contribution in [0.25, 0.3) is 0 Å². The van der Waals surface area contributed by atoms with Gasteiger partial charge in [-0.1, -0.05) is 0 Å². The van der Waals surface area contributed by atoms with Crippen molar-refractivity contribution in [1.82, 2.24) is 5.32 Å². The summed E-state index contributed by atoms with van der Waals surface area (Å²) < 4.78 is 11.1. The lowest BCUT2D eigenvalue weighted by molar-refractivity contribution is -0.0703. The van der Waals surface area contributed by atoms with Gasteiger partial charge >= 0.3 is 0 Å². The second-order valence-electron chi connectivity index (χ2n) is 5.04. The molecule has 0 aliphatic carbocycles. The summed E-state index contributed by atoms with van der Waals surface area (Å²) in [5.74, 6) is 2.44. The van der Waals surface area contributed by atoms with E-state index in [1.54, 1.807) is 6.26 Å². The van der Waals surface area contributed by atoms with Gasteiger partial charge in [0, 0.05) is 30.5 Å². The summed E-state index contributed by atoms with van der Waals surface area (Å²) in [7, 11) is 0. The first-order valence-corrected chi connectivity index (χ1v) is 7.48. The summed E-state index contributed by atoms with van der Waals surface area (Å²) in [6.07, 6.45) is 7.06. The fraction of sp³-hybridized carbons (Fsp3) is 0.692. The molecule has 1 spiro atoms. The van der Waals surface area contributed by atoms with E-state index in [0.717, 1.165) is 26.0 Å². The third kappa shape index (κ3) is 2.69. The van der Waals surface area contributed by atoms with E-state index in [2.05, 4.69) is 5.32 Å². The summed E-state index contributed by atoms with van der Waals surface area (Å²) in [6.45, 7) is 1.81. The summed E-state index contributed by atoms with van der Waals surface area (Å²) >= 11 is 2.03. The fourth-order valence-corrected chi connectivity index (χ4v) is 4.10. The molecule has 1 N–H and O–H groups in total. The van der Waals surface area contributed by atoms with Crippen molar-refractivity contribution < 1.29 is 9.15 Å². The molecule has 0 amide bonds. The largest absolute Gasteiger partial charge is 0.472 e.